The van der Waals surface area contributed by atoms with Crippen LogP contribution in [-0.4, -0.2) is 5.11 Å². The largest absolute Gasteiger partial charge is 0.516 e. The third-order valence-electron chi connectivity index (χ3n) is 1.86. The Hall–Kier alpha value is -0.970. The average molecular weight is 167 g/mol. The molecule has 1 N–H and O–H groups in total. The van der Waals surface area contributed by atoms with Crippen molar-refractivity contribution in [2.75, 3.05) is 0 Å². The summed E-state index contributed by atoms with van der Waals surface area (Å²) in [6, 6.07) is 2.23. The first-order chi connectivity index (χ1) is 5.85. The number of aliphatic hydroxyl groups is 1. The molecule has 0 aliphatic heterocycles. The third-order valence-corrected chi connectivity index (χ3v) is 1.86. The Balaban J connectivity index is 3.48. The highest BCUT2D eigenvalue weighted by molar-refractivity contribution is 4.88. The van der Waals surface area contributed by atoms with Gasteiger partial charge in [-0.05, 0) is 18.9 Å². The molecule has 1 atom stereocenters. The zero-order valence-corrected chi connectivity index (χ0v) is 7.66. The second-order valence-corrected chi connectivity index (χ2v) is 2.94. The molecule has 0 bridgehead atoms. The number of rotatable bonds is 6. The lowest BCUT2D eigenvalue weighted by Gasteiger charge is -2.03. The Morgan fingerprint density at radius 3 is 2.75 bits per heavy atom. The topological polar surface area (TPSA) is 44.0 Å². The summed E-state index contributed by atoms with van der Waals surface area (Å²) < 4.78 is 0. The summed E-state index contributed by atoms with van der Waals surface area (Å²) in [5.41, 5.74) is 0. The number of aliphatic hydroxyl groups excluding tert-OH is 1. The van der Waals surface area contributed by atoms with Gasteiger partial charge in [-0.25, -0.2) is 0 Å². The van der Waals surface area contributed by atoms with Crippen LogP contribution in [0.1, 0.15) is 39.0 Å². The number of hydrogen-bond acceptors (Lipinski definition) is 2. The number of nitriles is 1. The third kappa shape index (κ3) is 5.79. The molecule has 0 aromatic rings. The average Bonchev–Trinajstić information content (AvgIpc) is 2.11. The Bertz CT molecular complexity index is 158. The molecule has 0 rings (SSSR count). The van der Waals surface area contributed by atoms with Gasteiger partial charge in [0, 0.05) is 5.92 Å². The van der Waals surface area contributed by atoms with Crippen LogP contribution in [0.3, 0.4) is 0 Å². The van der Waals surface area contributed by atoms with E-state index in [1.54, 1.807) is 6.08 Å². The maximum absolute atomic E-state index is 8.69. The van der Waals surface area contributed by atoms with Crippen molar-refractivity contribution < 1.29 is 5.11 Å². The van der Waals surface area contributed by atoms with Crippen LogP contribution in [0.2, 0.25) is 0 Å². The van der Waals surface area contributed by atoms with Crippen LogP contribution in [0.5, 0.6) is 0 Å². The van der Waals surface area contributed by atoms with E-state index in [-0.39, 0.29) is 5.92 Å². The van der Waals surface area contributed by atoms with E-state index >= 15 is 0 Å². The molecule has 0 spiro atoms. The fourth-order valence-corrected chi connectivity index (χ4v) is 1.10. The highest BCUT2D eigenvalue weighted by Gasteiger charge is 2.03. The molecule has 0 aliphatic rings. The maximum atomic E-state index is 8.69. The zero-order valence-electron chi connectivity index (χ0n) is 7.66. The second kappa shape index (κ2) is 8.13. The molecular weight excluding hydrogens is 150 g/mol. The van der Waals surface area contributed by atoms with E-state index in [1.807, 2.05) is 0 Å². The van der Waals surface area contributed by atoms with E-state index in [4.69, 9.17) is 10.4 Å². The first-order valence-electron chi connectivity index (χ1n) is 4.54. The van der Waals surface area contributed by atoms with Crippen LogP contribution in [0.25, 0.3) is 0 Å². The summed E-state index contributed by atoms with van der Waals surface area (Å²) in [6.45, 7) is 2.15. The van der Waals surface area contributed by atoms with Gasteiger partial charge in [0.1, 0.15) is 0 Å². The summed E-state index contributed by atoms with van der Waals surface area (Å²) in [4.78, 5) is 0. The number of nitrogens with zero attached hydrogens (tertiary/aromatic N) is 1. The van der Waals surface area contributed by atoms with E-state index in [0.29, 0.717) is 6.42 Å². The molecule has 0 aromatic carbocycles. The number of hydrogen-bond donors (Lipinski definition) is 1. The fraction of sp³-hybridized carbons (Fsp3) is 0.700. The predicted octanol–water partition coefficient (Wildman–Crippen LogP) is 3.17. The lowest BCUT2D eigenvalue weighted by atomic mass is 9.99. The predicted molar refractivity (Wildman–Crippen MR) is 49.6 cm³/mol. The second-order valence-electron chi connectivity index (χ2n) is 2.94. The van der Waals surface area contributed by atoms with Crippen molar-refractivity contribution in [3.8, 4) is 6.07 Å². The van der Waals surface area contributed by atoms with E-state index in [1.165, 1.54) is 12.8 Å². The smallest absolute Gasteiger partial charge is 0.0752 e. The van der Waals surface area contributed by atoms with E-state index in [9.17, 15) is 0 Å². The van der Waals surface area contributed by atoms with E-state index in [0.717, 1.165) is 19.1 Å². The normalized spacial score (nSPS) is 13.0. The van der Waals surface area contributed by atoms with Crippen molar-refractivity contribution in [1.29, 1.82) is 5.26 Å². The van der Waals surface area contributed by atoms with Crippen molar-refractivity contribution >= 4 is 0 Å². The molecule has 0 saturated heterocycles. The van der Waals surface area contributed by atoms with Crippen LogP contribution in [0.15, 0.2) is 12.3 Å². The molecule has 0 aromatic heterocycles. The van der Waals surface area contributed by atoms with E-state index in [2.05, 4.69) is 13.0 Å². The molecule has 1 unspecified atom stereocenters. The molecule has 0 heterocycles. The van der Waals surface area contributed by atoms with Gasteiger partial charge in [-0.2, -0.15) is 5.26 Å². The van der Waals surface area contributed by atoms with Gasteiger partial charge in [-0.3, -0.25) is 0 Å². The Kier molecular flexibility index (Phi) is 7.47. The number of unbranched alkanes of at least 4 members (excludes halogenated alkanes) is 2. The lowest BCUT2D eigenvalue weighted by Crippen LogP contribution is -1.94. The SMILES string of the molecule is CCCCCC(C#N)CC=CO. The van der Waals surface area contributed by atoms with Crippen molar-refractivity contribution in [1.82, 2.24) is 0 Å². The highest BCUT2D eigenvalue weighted by Crippen LogP contribution is 2.12. The van der Waals surface area contributed by atoms with Gasteiger partial charge in [0.05, 0.1) is 12.3 Å². The van der Waals surface area contributed by atoms with Crippen molar-refractivity contribution in [3.63, 3.8) is 0 Å². The van der Waals surface area contributed by atoms with Crippen LogP contribution >= 0.6 is 0 Å². The minimum atomic E-state index is 0.0833. The quantitative estimate of drug-likeness (QED) is 0.487. The van der Waals surface area contributed by atoms with E-state index < -0.39 is 0 Å². The van der Waals surface area contributed by atoms with Crippen molar-refractivity contribution in [2.45, 2.75) is 39.0 Å². The standard InChI is InChI=1S/C10H17NO/c1-2-3-4-6-10(9-11)7-5-8-12/h5,8,10,12H,2-4,6-7H2,1H3. The molecular formula is C10H17NO. The first-order valence-corrected chi connectivity index (χ1v) is 4.54. The molecule has 0 aliphatic carbocycles. The Labute approximate surface area is 74.5 Å². The lowest BCUT2D eigenvalue weighted by molar-refractivity contribution is 0.465. The van der Waals surface area contributed by atoms with Gasteiger partial charge in [0.2, 0.25) is 0 Å². The first kappa shape index (κ1) is 11.0. The van der Waals surface area contributed by atoms with Crippen LogP contribution in [0, 0.1) is 17.2 Å². The summed E-state index contributed by atoms with van der Waals surface area (Å²) >= 11 is 0. The van der Waals surface area contributed by atoms with Crippen molar-refractivity contribution in [2.24, 2.45) is 5.92 Å². The number of allylic oxidation sites excluding steroid dienone is 1. The summed E-state index contributed by atoms with van der Waals surface area (Å²) in [7, 11) is 0. The molecule has 68 valence electrons. The van der Waals surface area contributed by atoms with Gasteiger partial charge in [0.25, 0.3) is 0 Å². The molecule has 0 radical (unpaired) electrons. The summed E-state index contributed by atoms with van der Waals surface area (Å²) in [5, 5.41) is 17.1. The molecule has 0 fully saturated rings. The highest BCUT2D eigenvalue weighted by atomic mass is 16.2. The zero-order chi connectivity index (χ0) is 9.23. The van der Waals surface area contributed by atoms with Crippen LogP contribution in [-0.2, 0) is 0 Å². The van der Waals surface area contributed by atoms with Gasteiger partial charge < -0.3 is 5.11 Å². The molecule has 12 heavy (non-hydrogen) atoms. The van der Waals surface area contributed by atoms with Gasteiger partial charge in [0.15, 0.2) is 0 Å². The summed E-state index contributed by atoms with van der Waals surface area (Å²) in [5.74, 6) is 0.0833. The summed E-state index contributed by atoms with van der Waals surface area (Å²) in [6.07, 6.45) is 7.79. The molecule has 0 amide bonds. The Morgan fingerprint density at radius 2 is 2.25 bits per heavy atom. The monoisotopic (exact) mass is 167 g/mol. The molecule has 0 saturated carbocycles. The Morgan fingerprint density at radius 1 is 1.50 bits per heavy atom. The molecule has 2 nitrogen and oxygen atoms in total. The van der Waals surface area contributed by atoms with Gasteiger partial charge in [-0.1, -0.05) is 26.2 Å². The van der Waals surface area contributed by atoms with Crippen LogP contribution in [0.4, 0.5) is 0 Å². The minimum absolute atomic E-state index is 0.0833. The fourth-order valence-electron chi connectivity index (χ4n) is 1.10. The molecule has 2 heteroatoms. The minimum Gasteiger partial charge on any atom is -0.516 e. The van der Waals surface area contributed by atoms with Crippen molar-refractivity contribution in [3.05, 3.63) is 12.3 Å². The van der Waals surface area contributed by atoms with Crippen LogP contribution < -0.4 is 0 Å². The van der Waals surface area contributed by atoms with Gasteiger partial charge in [-0.15, -0.1) is 0 Å². The van der Waals surface area contributed by atoms with Gasteiger partial charge >= 0.3 is 0 Å². The maximum Gasteiger partial charge on any atom is 0.0752 e.